The first kappa shape index (κ1) is 18.3. The van der Waals surface area contributed by atoms with Crippen LogP contribution < -0.4 is 5.32 Å². The van der Waals surface area contributed by atoms with Crippen molar-refractivity contribution in [3.8, 4) is 0 Å². The molecule has 2 aliphatic heterocycles. The summed E-state index contributed by atoms with van der Waals surface area (Å²) in [5.41, 5.74) is 0.270. The fraction of sp³-hybridized carbons (Fsp3) is 0.550. The summed E-state index contributed by atoms with van der Waals surface area (Å²) in [7, 11) is 0. The van der Waals surface area contributed by atoms with Crippen molar-refractivity contribution < 1.29 is 9.59 Å². The van der Waals surface area contributed by atoms with Crippen LogP contribution in [0.25, 0.3) is 10.2 Å². The number of likely N-dealkylation sites (tertiary alicyclic amines) is 1. The number of amides is 3. The van der Waals surface area contributed by atoms with E-state index in [4.69, 9.17) is 16.6 Å². The number of imide groups is 1. The smallest absolute Gasteiger partial charge is 0.323 e. The van der Waals surface area contributed by atoms with Crippen LogP contribution >= 0.6 is 22.9 Å². The van der Waals surface area contributed by atoms with Crippen molar-refractivity contribution in [3.05, 3.63) is 28.2 Å². The lowest BCUT2D eigenvalue weighted by atomic mass is 9.96. The maximum absolute atomic E-state index is 12.8. The van der Waals surface area contributed by atoms with Crippen LogP contribution in [0.15, 0.2) is 18.2 Å². The molecule has 3 heterocycles. The van der Waals surface area contributed by atoms with E-state index in [1.807, 2.05) is 25.1 Å². The number of aromatic nitrogens is 1. The highest BCUT2D eigenvalue weighted by atomic mass is 35.5. The summed E-state index contributed by atoms with van der Waals surface area (Å²) in [6.07, 6.45) is 4.01. The second-order valence-corrected chi connectivity index (χ2v) is 9.84. The molecule has 0 bridgehead atoms. The molecule has 0 spiro atoms. The summed E-state index contributed by atoms with van der Waals surface area (Å²) >= 11 is 7.81. The molecular weight excluding hydrogens is 396 g/mol. The van der Waals surface area contributed by atoms with Crippen molar-refractivity contribution in [3.63, 3.8) is 0 Å². The molecule has 1 N–H and O–H groups in total. The van der Waals surface area contributed by atoms with E-state index in [0.717, 1.165) is 49.3 Å². The van der Waals surface area contributed by atoms with Gasteiger partial charge in [0.25, 0.3) is 5.91 Å². The molecular formula is C20H23ClN4O2S. The molecule has 1 aromatic heterocycles. The average Bonchev–Trinajstić information content (AvgIpc) is 3.42. The lowest BCUT2D eigenvalue weighted by Crippen LogP contribution is -2.48. The Bertz CT molecular complexity index is 951. The lowest BCUT2D eigenvalue weighted by molar-refractivity contribution is -0.133. The molecule has 3 aliphatic rings. The van der Waals surface area contributed by atoms with Crippen LogP contribution in [0.1, 0.15) is 43.5 Å². The van der Waals surface area contributed by atoms with E-state index in [1.54, 1.807) is 11.3 Å². The molecule has 8 heteroatoms. The number of carbonyl (C=O) groups excluding carboxylic acids is 2. The van der Waals surface area contributed by atoms with Crippen molar-refractivity contribution in [1.29, 1.82) is 0 Å². The number of carbonyl (C=O) groups is 2. The fourth-order valence-corrected chi connectivity index (χ4v) is 5.68. The highest BCUT2D eigenvalue weighted by molar-refractivity contribution is 7.18. The zero-order valence-electron chi connectivity index (χ0n) is 15.8. The van der Waals surface area contributed by atoms with Crippen molar-refractivity contribution >= 4 is 45.1 Å². The molecule has 1 saturated carbocycles. The molecule has 0 radical (unpaired) electrons. The Labute approximate surface area is 172 Å². The van der Waals surface area contributed by atoms with Gasteiger partial charge in [-0.05, 0) is 56.7 Å². The first-order chi connectivity index (χ1) is 13.4. The van der Waals surface area contributed by atoms with Gasteiger partial charge in [-0.1, -0.05) is 11.6 Å². The number of nitrogens with zero attached hydrogens (tertiary/aromatic N) is 3. The predicted octanol–water partition coefficient (Wildman–Crippen LogP) is 3.81. The van der Waals surface area contributed by atoms with Gasteiger partial charge in [0.15, 0.2) is 0 Å². The Morgan fingerprint density at radius 2 is 2.00 bits per heavy atom. The number of rotatable bonds is 4. The Kier molecular flexibility index (Phi) is 4.37. The highest BCUT2D eigenvalue weighted by Gasteiger charge is 2.56. The Hall–Kier alpha value is -1.70. The second kappa shape index (κ2) is 6.68. The maximum atomic E-state index is 12.8. The minimum atomic E-state index is -0.697. The molecule has 2 saturated heterocycles. The number of nitrogens with one attached hydrogen (secondary N) is 1. The number of hydrogen-bond acceptors (Lipinski definition) is 5. The molecule has 5 rings (SSSR count). The number of fused-ring (bicyclic) bond motifs is 1. The normalized spacial score (nSPS) is 27.0. The van der Waals surface area contributed by atoms with Crippen molar-refractivity contribution in [2.24, 2.45) is 5.92 Å². The molecule has 3 fully saturated rings. The number of halogens is 1. The van der Waals surface area contributed by atoms with E-state index in [-0.39, 0.29) is 11.9 Å². The molecule has 0 unspecified atom stereocenters. The molecule has 1 aliphatic carbocycles. The van der Waals surface area contributed by atoms with Crippen molar-refractivity contribution in [2.75, 3.05) is 19.8 Å². The van der Waals surface area contributed by atoms with E-state index < -0.39 is 5.54 Å². The minimum Gasteiger partial charge on any atom is -0.323 e. The maximum Gasteiger partial charge on any atom is 0.326 e. The van der Waals surface area contributed by atoms with Gasteiger partial charge in [-0.2, -0.15) is 0 Å². The third-order valence-corrected chi connectivity index (χ3v) is 7.77. The van der Waals surface area contributed by atoms with Crippen LogP contribution in [-0.4, -0.2) is 52.0 Å². The lowest BCUT2D eigenvalue weighted by Gasteiger charge is -2.33. The fourth-order valence-electron chi connectivity index (χ4n) is 4.40. The zero-order chi connectivity index (χ0) is 19.5. The number of thiazole rings is 1. The Balaban J connectivity index is 1.22. The standard InChI is InChI=1S/C20H23ClN4O2S/c1-20(13-2-3-13)18(26)25(19(27)23-20)11-24-8-6-12(7-9-24)17-22-15-10-14(21)4-5-16(15)28-17/h4-5,10,12-13H,2-3,6-9,11H2,1H3,(H,23,27)/t20-/m1/s1. The number of urea groups is 1. The second-order valence-electron chi connectivity index (χ2n) is 8.34. The molecule has 6 nitrogen and oxygen atoms in total. The molecule has 148 valence electrons. The van der Waals surface area contributed by atoms with Crippen LogP contribution in [0.4, 0.5) is 4.79 Å². The quantitative estimate of drug-likeness (QED) is 0.767. The van der Waals surface area contributed by atoms with Gasteiger partial charge in [0, 0.05) is 24.0 Å². The van der Waals surface area contributed by atoms with E-state index in [9.17, 15) is 9.59 Å². The van der Waals surface area contributed by atoms with Gasteiger partial charge in [-0.15, -0.1) is 11.3 Å². The van der Waals surface area contributed by atoms with Gasteiger partial charge in [-0.3, -0.25) is 9.69 Å². The Morgan fingerprint density at radius 1 is 1.25 bits per heavy atom. The summed E-state index contributed by atoms with van der Waals surface area (Å²) in [4.78, 5) is 33.6. The van der Waals surface area contributed by atoms with Gasteiger partial charge in [-0.25, -0.2) is 14.7 Å². The van der Waals surface area contributed by atoms with Gasteiger partial charge >= 0.3 is 6.03 Å². The number of piperidine rings is 1. The van der Waals surface area contributed by atoms with E-state index in [0.29, 0.717) is 23.5 Å². The molecule has 28 heavy (non-hydrogen) atoms. The van der Waals surface area contributed by atoms with Crippen molar-refractivity contribution in [2.45, 2.75) is 44.1 Å². The van der Waals surface area contributed by atoms with Crippen LogP contribution in [-0.2, 0) is 4.79 Å². The summed E-state index contributed by atoms with van der Waals surface area (Å²) in [6, 6.07) is 5.61. The third-order valence-electron chi connectivity index (χ3n) is 6.34. The topological polar surface area (TPSA) is 65.5 Å². The molecule has 1 atom stereocenters. The summed E-state index contributed by atoms with van der Waals surface area (Å²) < 4.78 is 1.17. The van der Waals surface area contributed by atoms with Gasteiger partial charge < -0.3 is 5.32 Å². The monoisotopic (exact) mass is 418 g/mol. The van der Waals surface area contributed by atoms with Gasteiger partial charge in [0.1, 0.15) is 5.54 Å². The van der Waals surface area contributed by atoms with Crippen LogP contribution in [0, 0.1) is 5.92 Å². The Morgan fingerprint density at radius 3 is 2.71 bits per heavy atom. The van der Waals surface area contributed by atoms with Gasteiger partial charge in [0.2, 0.25) is 0 Å². The van der Waals surface area contributed by atoms with E-state index >= 15 is 0 Å². The zero-order valence-corrected chi connectivity index (χ0v) is 17.4. The van der Waals surface area contributed by atoms with E-state index in [2.05, 4.69) is 10.2 Å². The van der Waals surface area contributed by atoms with Gasteiger partial charge in [0.05, 0.1) is 21.9 Å². The van der Waals surface area contributed by atoms with Crippen LogP contribution in [0.2, 0.25) is 5.02 Å². The van der Waals surface area contributed by atoms with Crippen molar-refractivity contribution in [1.82, 2.24) is 20.1 Å². The highest BCUT2D eigenvalue weighted by Crippen LogP contribution is 2.43. The summed E-state index contributed by atoms with van der Waals surface area (Å²) in [6.45, 7) is 3.97. The number of hydrogen-bond donors (Lipinski definition) is 1. The first-order valence-corrected chi connectivity index (χ1v) is 11.1. The SMILES string of the molecule is C[C@]1(C2CC2)NC(=O)N(CN2CCC(c3nc4cc(Cl)ccc4s3)CC2)C1=O. The molecule has 3 amide bonds. The summed E-state index contributed by atoms with van der Waals surface area (Å²) in [5, 5.41) is 4.80. The molecule has 2 aromatic rings. The largest absolute Gasteiger partial charge is 0.326 e. The van der Waals surface area contributed by atoms with Crippen LogP contribution in [0.3, 0.4) is 0 Å². The molecule has 1 aromatic carbocycles. The number of benzene rings is 1. The summed E-state index contributed by atoms with van der Waals surface area (Å²) in [5.74, 6) is 0.657. The van der Waals surface area contributed by atoms with E-state index in [1.165, 1.54) is 9.60 Å². The third kappa shape index (κ3) is 3.09. The predicted molar refractivity (Wildman–Crippen MR) is 110 cm³/mol. The first-order valence-electron chi connectivity index (χ1n) is 9.86. The average molecular weight is 419 g/mol. The minimum absolute atomic E-state index is 0.0647. The van der Waals surface area contributed by atoms with Crippen LogP contribution in [0.5, 0.6) is 0 Å².